The lowest BCUT2D eigenvalue weighted by molar-refractivity contribution is -0.115. The van der Waals surface area contributed by atoms with Gasteiger partial charge in [0.05, 0.1) is 6.04 Å². The second kappa shape index (κ2) is 6.80. The van der Waals surface area contributed by atoms with E-state index in [-0.39, 0.29) is 11.9 Å². The molecule has 2 aromatic rings. The zero-order chi connectivity index (χ0) is 15.4. The first-order chi connectivity index (χ1) is 9.99. The monoisotopic (exact) mass is 350 g/mol. The van der Waals surface area contributed by atoms with Gasteiger partial charge in [-0.3, -0.25) is 4.79 Å². The van der Waals surface area contributed by atoms with Crippen LogP contribution in [-0.2, 0) is 4.79 Å². The molecule has 1 aromatic heterocycles. The number of anilines is 2. The van der Waals surface area contributed by atoms with Gasteiger partial charge in [-0.2, -0.15) is 0 Å². The Hall–Kier alpha value is -1.75. The molecule has 0 saturated carbocycles. The minimum Gasteiger partial charge on any atom is -0.452 e. The Morgan fingerprint density at radius 3 is 2.71 bits per heavy atom. The highest BCUT2D eigenvalue weighted by atomic mass is 79.9. The van der Waals surface area contributed by atoms with E-state index in [0.717, 1.165) is 22.7 Å². The Balaban J connectivity index is 2.15. The fraction of sp³-hybridized carbons (Fsp3) is 0.312. The minimum atomic E-state index is 0.00724. The van der Waals surface area contributed by atoms with E-state index in [0.29, 0.717) is 11.1 Å². The summed E-state index contributed by atoms with van der Waals surface area (Å²) in [6.45, 7) is 5.89. The number of nitrogens with one attached hydrogen (secondary N) is 2. The summed E-state index contributed by atoms with van der Waals surface area (Å²) in [7, 11) is 0. The van der Waals surface area contributed by atoms with Crippen LogP contribution in [0.15, 0.2) is 39.4 Å². The van der Waals surface area contributed by atoms with E-state index in [1.165, 1.54) is 0 Å². The highest BCUT2D eigenvalue weighted by Crippen LogP contribution is 2.27. The molecule has 21 heavy (non-hydrogen) atoms. The molecular formula is C16H19BrN2O2. The van der Waals surface area contributed by atoms with Gasteiger partial charge in [-0.1, -0.05) is 13.0 Å². The molecular weight excluding hydrogens is 332 g/mol. The topological polar surface area (TPSA) is 54.3 Å². The summed E-state index contributed by atoms with van der Waals surface area (Å²) in [6, 6.07) is 9.67. The fourth-order valence-corrected chi connectivity index (χ4v) is 2.29. The molecule has 1 heterocycles. The molecule has 4 nitrogen and oxygen atoms in total. The number of benzene rings is 1. The van der Waals surface area contributed by atoms with E-state index in [2.05, 4.69) is 26.6 Å². The lowest BCUT2D eigenvalue weighted by atomic mass is 10.1. The number of carbonyl (C=O) groups is 1. The maximum Gasteiger partial charge on any atom is 0.224 e. The number of hydrogen-bond acceptors (Lipinski definition) is 3. The van der Waals surface area contributed by atoms with E-state index in [4.69, 9.17) is 4.42 Å². The molecule has 1 unspecified atom stereocenters. The molecule has 2 rings (SSSR count). The third kappa shape index (κ3) is 4.11. The van der Waals surface area contributed by atoms with Gasteiger partial charge in [0, 0.05) is 17.8 Å². The molecule has 0 aliphatic rings. The molecule has 1 atom stereocenters. The maximum atomic E-state index is 11.5. The van der Waals surface area contributed by atoms with Crippen molar-refractivity contribution in [2.75, 3.05) is 10.6 Å². The number of amides is 1. The first-order valence-electron chi connectivity index (χ1n) is 6.92. The van der Waals surface area contributed by atoms with Gasteiger partial charge in [-0.15, -0.1) is 0 Å². The van der Waals surface area contributed by atoms with Crippen LogP contribution in [-0.4, -0.2) is 5.91 Å². The number of rotatable bonds is 5. The van der Waals surface area contributed by atoms with Crippen LogP contribution in [0.5, 0.6) is 0 Å². The van der Waals surface area contributed by atoms with Crippen LogP contribution < -0.4 is 10.6 Å². The standard InChI is InChI=1S/C16H19BrN2O2/c1-4-16(20)19-12-6-5-10(2)13(9-12)18-11(3)14-7-8-15(17)21-14/h5-9,11,18H,4H2,1-3H3,(H,19,20). The summed E-state index contributed by atoms with van der Waals surface area (Å²) < 4.78 is 6.27. The number of carbonyl (C=O) groups excluding carboxylic acids is 1. The normalized spacial score (nSPS) is 12.0. The van der Waals surface area contributed by atoms with Gasteiger partial charge in [-0.25, -0.2) is 0 Å². The molecule has 1 aromatic carbocycles. The van der Waals surface area contributed by atoms with Crippen molar-refractivity contribution in [1.82, 2.24) is 0 Å². The Bertz CT molecular complexity index is 637. The van der Waals surface area contributed by atoms with E-state index >= 15 is 0 Å². The summed E-state index contributed by atoms with van der Waals surface area (Å²) >= 11 is 3.31. The lowest BCUT2D eigenvalue weighted by Gasteiger charge is -2.16. The van der Waals surface area contributed by atoms with Gasteiger partial charge in [0.2, 0.25) is 5.91 Å². The third-order valence-corrected chi connectivity index (χ3v) is 3.66. The van der Waals surface area contributed by atoms with E-state index in [1.54, 1.807) is 0 Å². The van der Waals surface area contributed by atoms with Crippen LogP contribution in [0, 0.1) is 6.92 Å². The van der Waals surface area contributed by atoms with Crippen molar-refractivity contribution in [2.45, 2.75) is 33.2 Å². The Morgan fingerprint density at radius 1 is 1.33 bits per heavy atom. The summed E-state index contributed by atoms with van der Waals surface area (Å²) in [4.78, 5) is 11.5. The van der Waals surface area contributed by atoms with Crippen molar-refractivity contribution in [3.05, 3.63) is 46.3 Å². The first kappa shape index (κ1) is 15.6. The van der Waals surface area contributed by atoms with Crippen molar-refractivity contribution in [2.24, 2.45) is 0 Å². The predicted octanol–water partition coefficient (Wildman–Crippen LogP) is 4.87. The fourth-order valence-electron chi connectivity index (χ4n) is 1.97. The molecule has 0 saturated heterocycles. The highest BCUT2D eigenvalue weighted by molar-refractivity contribution is 9.10. The average Bonchev–Trinajstić information content (AvgIpc) is 2.89. The van der Waals surface area contributed by atoms with Crippen molar-refractivity contribution in [1.29, 1.82) is 0 Å². The highest BCUT2D eigenvalue weighted by Gasteiger charge is 2.11. The van der Waals surface area contributed by atoms with Crippen LogP contribution in [0.25, 0.3) is 0 Å². The molecule has 112 valence electrons. The van der Waals surface area contributed by atoms with Crippen molar-refractivity contribution >= 4 is 33.2 Å². The maximum absolute atomic E-state index is 11.5. The molecule has 0 spiro atoms. The van der Waals surface area contributed by atoms with Gasteiger partial charge in [0.1, 0.15) is 5.76 Å². The second-order valence-corrected chi connectivity index (χ2v) is 5.72. The lowest BCUT2D eigenvalue weighted by Crippen LogP contribution is -2.11. The predicted molar refractivity (Wildman–Crippen MR) is 88.5 cm³/mol. The van der Waals surface area contributed by atoms with Crippen molar-refractivity contribution in [3.8, 4) is 0 Å². The number of furan rings is 1. The molecule has 0 bridgehead atoms. The van der Waals surface area contributed by atoms with Crippen LogP contribution in [0.2, 0.25) is 0 Å². The summed E-state index contributed by atoms with van der Waals surface area (Å²) in [5, 5.41) is 6.27. The zero-order valence-corrected chi connectivity index (χ0v) is 14.0. The van der Waals surface area contributed by atoms with Crippen LogP contribution in [0.1, 0.15) is 37.6 Å². The molecule has 0 fully saturated rings. The van der Waals surface area contributed by atoms with Crippen molar-refractivity contribution in [3.63, 3.8) is 0 Å². The summed E-state index contributed by atoms with van der Waals surface area (Å²) in [5.74, 6) is 0.858. The average molecular weight is 351 g/mol. The Labute approximate surface area is 133 Å². The quantitative estimate of drug-likeness (QED) is 0.808. The largest absolute Gasteiger partial charge is 0.452 e. The SMILES string of the molecule is CCC(=O)Nc1ccc(C)c(NC(C)c2ccc(Br)o2)c1. The van der Waals surface area contributed by atoms with Crippen LogP contribution in [0.3, 0.4) is 0 Å². The Kier molecular flexibility index (Phi) is 5.07. The van der Waals surface area contributed by atoms with Gasteiger partial charge in [0.15, 0.2) is 4.67 Å². The molecule has 5 heteroatoms. The van der Waals surface area contributed by atoms with Gasteiger partial charge in [0.25, 0.3) is 0 Å². The third-order valence-electron chi connectivity index (χ3n) is 3.24. The van der Waals surface area contributed by atoms with Gasteiger partial charge < -0.3 is 15.1 Å². The van der Waals surface area contributed by atoms with Crippen LogP contribution in [0.4, 0.5) is 11.4 Å². The molecule has 0 aliphatic carbocycles. The summed E-state index contributed by atoms with van der Waals surface area (Å²) in [5.41, 5.74) is 2.88. The van der Waals surface area contributed by atoms with Gasteiger partial charge >= 0.3 is 0 Å². The van der Waals surface area contributed by atoms with E-state index in [9.17, 15) is 4.79 Å². The van der Waals surface area contributed by atoms with Gasteiger partial charge in [-0.05, 0) is 59.6 Å². The number of halogens is 1. The van der Waals surface area contributed by atoms with E-state index < -0.39 is 0 Å². The number of aryl methyl sites for hydroxylation is 1. The number of hydrogen-bond donors (Lipinski definition) is 2. The Morgan fingerprint density at radius 2 is 2.10 bits per heavy atom. The molecule has 1 amide bonds. The zero-order valence-electron chi connectivity index (χ0n) is 12.4. The minimum absolute atomic E-state index is 0.00724. The smallest absolute Gasteiger partial charge is 0.224 e. The van der Waals surface area contributed by atoms with E-state index in [1.807, 2.05) is 51.1 Å². The molecule has 0 aliphatic heterocycles. The summed E-state index contributed by atoms with van der Waals surface area (Å²) in [6.07, 6.45) is 0.466. The second-order valence-electron chi connectivity index (χ2n) is 4.94. The van der Waals surface area contributed by atoms with Crippen molar-refractivity contribution < 1.29 is 9.21 Å². The van der Waals surface area contributed by atoms with Crippen LogP contribution >= 0.6 is 15.9 Å². The molecule has 0 radical (unpaired) electrons. The molecule has 2 N–H and O–H groups in total. The first-order valence-corrected chi connectivity index (χ1v) is 7.71.